The smallest absolute Gasteiger partial charge is 0.127 e. The average molecular weight is 320 g/mol. The summed E-state index contributed by atoms with van der Waals surface area (Å²) in [5, 5.41) is 1.99. The minimum absolute atomic E-state index is 0.0333. The molecule has 1 unspecified atom stereocenters. The summed E-state index contributed by atoms with van der Waals surface area (Å²) in [7, 11) is 0. The van der Waals surface area contributed by atoms with Crippen LogP contribution in [0.3, 0.4) is 0 Å². The summed E-state index contributed by atoms with van der Waals surface area (Å²) in [6, 6.07) is 6.30. The molecule has 110 valence electrons. The summed E-state index contributed by atoms with van der Waals surface area (Å²) in [5.74, 6) is 0.907. The van der Waals surface area contributed by atoms with Crippen LogP contribution >= 0.6 is 22.9 Å². The Morgan fingerprint density at radius 1 is 1.38 bits per heavy atom. The van der Waals surface area contributed by atoms with Crippen molar-refractivity contribution in [1.29, 1.82) is 0 Å². The Balaban J connectivity index is 2.09. The SMILES string of the molecule is CC(Cl)c1nc2cnccc2n1CC(C)(C)c1cccs1. The fraction of sp³-hybridized carbons (Fsp3) is 0.375. The van der Waals surface area contributed by atoms with Gasteiger partial charge in [-0.1, -0.05) is 19.9 Å². The van der Waals surface area contributed by atoms with Gasteiger partial charge in [0.1, 0.15) is 11.3 Å². The van der Waals surface area contributed by atoms with Crippen LogP contribution < -0.4 is 0 Å². The molecule has 1 atom stereocenters. The quantitative estimate of drug-likeness (QED) is 0.648. The molecular formula is C16H18ClN3S. The summed E-state index contributed by atoms with van der Waals surface area (Å²) >= 11 is 8.12. The summed E-state index contributed by atoms with van der Waals surface area (Å²) < 4.78 is 2.23. The number of thiophene rings is 1. The summed E-state index contributed by atoms with van der Waals surface area (Å²) in [5.41, 5.74) is 2.03. The zero-order valence-electron chi connectivity index (χ0n) is 12.4. The molecule has 21 heavy (non-hydrogen) atoms. The van der Waals surface area contributed by atoms with Crippen molar-refractivity contribution >= 4 is 34.0 Å². The van der Waals surface area contributed by atoms with Crippen LogP contribution in [-0.2, 0) is 12.0 Å². The molecule has 0 aliphatic heterocycles. The van der Waals surface area contributed by atoms with Crippen LogP contribution in [0.4, 0.5) is 0 Å². The minimum Gasteiger partial charge on any atom is -0.326 e. The molecule has 0 saturated heterocycles. The van der Waals surface area contributed by atoms with Gasteiger partial charge < -0.3 is 4.57 Å². The standard InChI is InChI=1S/C16H18ClN3S/c1-11(17)15-19-12-9-18-7-6-13(12)20(15)10-16(2,3)14-5-4-8-21-14/h4-9,11H,10H2,1-3H3. The molecule has 0 spiro atoms. The van der Waals surface area contributed by atoms with E-state index in [1.54, 1.807) is 23.7 Å². The number of nitrogens with zero attached hydrogens (tertiary/aromatic N) is 3. The van der Waals surface area contributed by atoms with Gasteiger partial charge in [-0.15, -0.1) is 22.9 Å². The molecule has 3 nitrogen and oxygen atoms in total. The van der Waals surface area contributed by atoms with Gasteiger partial charge in [-0.3, -0.25) is 4.98 Å². The van der Waals surface area contributed by atoms with Crippen molar-refractivity contribution in [3.05, 3.63) is 46.7 Å². The van der Waals surface area contributed by atoms with Crippen LogP contribution in [0, 0.1) is 0 Å². The topological polar surface area (TPSA) is 30.7 Å². The Kier molecular flexibility index (Phi) is 3.76. The van der Waals surface area contributed by atoms with E-state index in [9.17, 15) is 0 Å². The average Bonchev–Trinajstić information content (AvgIpc) is 3.07. The molecule has 0 bridgehead atoms. The zero-order chi connectivity index (χ0) is 15.0. The first-order valence-corrected chi connectivity index (χ1v) is 8.29. The van der Waals surface area contributed by atoms with Gasteiger partial charge >= 0.3 is 0 Å². The fourth-order valence-electron chi connectivity index (χ4n) is 2.61. The van der Waals surface area contributed by atoms with Gasteiger partial charge in [0.2, 0.25) is 0 Å². The molecule has 0 aliphatic carbocycles. The third-order valence-electron chi connectivity index (χ3n) is 3.68. The van der Waals surface area contributed by atoms with Gasteiger partial charge in [0.15, 0.2) is 0 Å². The Hall–Kier alpha value is -1.39. The van der Waals surface area contributed by atoms with Gasteiger partial charge in [0.05, 0.1) is 17.1 Å². The van der Waals surface area contributed by atoms with Crippen LogP contribution in [0.25, 0.3) is 11.0 Å². The van der Waals surface area contributed by atoms with E-state index in [0.717, 1.165) is 23.4 Å². The maximum atomic E-state index is 6.33. The molecule has 0 N–H and O–H groups in total. The second-order valence-electron chi connectivity index (χ2n) is 5.90. The number of fused-ring (bicyclic) bond motifs is 1. The third-order valence-corrected chi connectivity index (χ3v) is 5.11. The van der Waals surface area contributed by atoms with E-state index in [2.05, 4.69) is 45.9 Å². The molecule has 3 rings (SSSR count). The van der Waals surface area contributed by atoms with Crippen molar-refractivity contribution in [2.24, 2.45) is 0 Å². The van der Waals surface area contributed by atoms with Gasteiger partial charge in [0, 0.05) is 23.0 Å². The molecule has 3 heterocycles. The molecular weight excluding hydrogens is 302 g/mol. The van der Waals surface area contributed by atoms with Crippen LogP contribution in [0.15, 0.2) is 36.0 Å². The first-order valence-electron chi connectivity index (χ1n) is 6.97. The molecule has 5 heteroatoms. The second kappa shape index (κ2) is 5.43. The Labute approximate surface area is 133 Å². The first-order chi connectivity index (χ1) is 9.99. The number of aromatic nitrogens is 3. The predicted molar refractivity (Wildman–Crippen MR) is 89.1 cm³/mol. The highest BCUT2D eigenvalue weighted by Gasteiger charge is 2.26. The molecule has 0 radical (unpaired) electrons. The van der Waals surface area contributed by atoms with E-state index in [0.29, 0.717) is 0 Å². The number of halogens is 1. The van der Waals surface area contributed by atoms with Crippen LogP contribution in [0.1, 0.15) is 36.8 Å². The van der Waals surface area contributed by atoms with Gasteiger partial charge in [-0.2, -0.15) is 0 Å². The molecule has 0 amide bonds. The largest absolute Gasteiger partial charge is 0.326 e. The van der Waals surface area contributed by atoms with E-state index in [1.165, 1.54) is 4.88 Å². The molecule has 3 aromatic rings. The van der Waals surface area contributed by atoms with Gasteiger partial charge in [-0.25, -0.2) is 4.98 Å². The van der Waals surface area contributed by atoms with E-state index in [1.807, 2.05) is 13.0 Å². The van der Waals surface area contributed by atoms with Crippen molar-refractivity contribution in [2.75, 3.05) is 0 Å². The van der Waals surface area contributed by atoms with Crippen LogP contribution in [0.5, 0.6) is 0 Å². The van der Waals surface area contributed by atoms with Crippen molar-refractivity contribution in [3.8, 4) is 0 Å². The minimum atomic E-state index is -0.128. The highest BCUT2D eigenvalue weighted by atomic mass is 35.5. The molecule has 0 saturated carbocycles. The Bertz CT molecular complexity index is 744. The maximum absolute atomic E-state index is 6.33. The molecule has 0 aromatic carbocycles. The van der Waals surface area contributed by atoms with Gasteiger partial charge in [-0.05, 0) is 24.4 Å². The van der Waals surface area contributed by atoms with Crippen molar-refractivity contribution in [1.82, 2.24) is 14.5 Å². The van der Waals surface area contributed by atoms with Crippen LogP contribution in [-0.4, -0.2) is 14.5 Å². The lowest BCUT2D eigenvalue weighted by atomic mass is 9.91. The number of pyridine rings is 1. The highest BCUT2D eigenvalue weighted by molar-refractivity contribution is 7.10. The van der Waals surface area contributed by atoms with E-state index in [-0.39, 0.29) is 10.8 Å². The summed E-state index contributed by atoms with van der Waals surface area (Å²) in [6.07, 6.45) is 3.61. The number of rotatable bonds is 4. The van der Waals surface area contributed by atoms with Gasteiger partial charge in [0.25, 0.3) is 0 Å². The normalized spacial score (nSPS) is 13.7. The third kappa shape index (κ3) is 2.70. The zero-order valence-corrected chi connectivity index (χ0v) is 13.9. The fourth-order valence-corrected chi connectivity index (χ4v) is 3.62. The highest BCUT2D eigenvalue weighted by Crippen LogP contribution is 2.33. The number of alkyl halides is 1. The lowest BCUT2D eigenvalue weighted by Crippen LogP contribution is -2.24. The summed E-state index contributed by atoms with van der Waals surface area (Å²) in [6.45, 7) is 7.33. The van der Waals surface area contributed by atoms with E-state index >= 15 is 0 Å². The molecule has 3 aromatic heterocycles. The first kappa shape index (κ1) is 14.5. The second-order valence-corrected chi connectivity index (χ2v) is 7.50. The maximum Gasteiger partial charge on any atom is 0.127 e. The van der Waals surface area contributed by atoms with Crippen LogP contribution in [0.2, 0.25) is 0 Å². The lowest BCUT2D eigenvalue weighted by molar-refractivity contribution is 0.440. The van der Waals surface area contributed by atoms with Crippen molar-refractivity contribution in [3.63, 3.8) is 0 Å². The lowest BCUT2D eigenvalue weighted by Gasteiger charge is -2.25. The predicted octanol–water partition coefficient (Wildman–Crippen LogP) is 4.77. The number of hydrogen-bond acceptors (Lipinski definition) is 3. The molecule has 0 aliphatic rings. The Morgan fingerprint density at radius 3 is 2.86 bits per heavy atom. The Morgan fingerprint density at radius 2 is 2.19 bits per heavy atom. The van der Waals surface area contributed by atoms with E-state index in [4.69, 9.17) is 11.6 Å². The number of hydrogen-bond donors (Lipinski definition) is 0. The summed E-state index contributed by atoms with van der Waals surface area (Å²) in [4.78, 5) is 10.2. The van der Waals surface area contributed by atoms with Crippen molar-refractivity contribution < 1.29 is 0 Å². The molecule has 0 fully saturated rings. The monoisotopic (exact) mass is 319 g/mol. The van der Waals surface area contributed by atoms with E-state index < -0.39 is 0 Å². The number of imidazole rings is 1. The van der Waals surface area contributed by atoms with Crippen molar-refractivity contribution in [2.45, 2.75) is 38.1 Å².